The van der Waals surface area contributed by atoms with Gasteiger partial charge in [-0.05, 0) is 56.5 Å². The molecule has 35 heavy (non-hydrogen) atoms. The molecular formula is C26H25BrN4O4. The maximum absolute atomic E-state index is 12.7. The fourth-order valence-electron chi connectivity index (χ4n) is 4.28. The number of benzene rings is 1. The first kappa shape index (κ1) is 23.4. The van der Waals surface area contributed by atoms with Gasteiger partial charge in [-0.1, -0.05) is 22.0 Å². The van der Waals surface area contributed by atoms with E-state index in [0.29, 0.717) is 19.3 Å². The van der Waals surface area contributed by atoms with Crippen LogP contribution in [0.5, 0.6) is 0 Å². The van der Waals surface area contributed by atoms with Crippen LogP contribution >= 0.6 is 15.9 Å². The minimum atomic E-state index is -0.674. The van der Waals surface area contributed by atoms with Gasteiger partial charge in [-0.3, -0.25) is 24.1 Å². The van der Waals surface area contributed by atoms with E-state index in [9.17, 15) is 9.59 Å². The molecule has 0 unspecified atom stereocenters. The third-order valence-electron chi connectivity index (χ3n) is 6.21. The van der Waals surface area contributed by atoms with E-state index >= 15 is 0 Å². The molecule has 1 aliphatic heterocycles. The van der Waals surface area contributed by atoms with Crippen LogP contribution in [0, 0.1) is 6.92 Å². The quantitative estimate of drug-likeness (QED) is 0.408. The fraction of sp³-hybridized carbons (Fsp3) is 0.346. The van der Waals surface area contributed by atoms with Gasteiger partial charge in [0.25, 0.3) is 0 Å². The minimum absolute atomic E-state index is 0.104. The van der Waals surface area contributed by atoms with Crippen molar-refractivity contribution in [2.24, 2.45) is 4.99 Å². The first-order valence-electron chi connectivity index (χ1n) is 11.5. The smallest absolute Gasteiger partial charge is 0.306 e. The number of aromatic nitrogens is 3. The van der Waals surface area contributed by atoms with Crippen molar-refractivity contribution in [2.45, 2.75) is 51.2 Å². The fourth-order valence-corrected chi connectivity index (χ4v) is 4.64. The third-order valence-corrected chi connectivity index (χ3v) is 6.70. The average molecular weight is 537 g/mol. The van der Waals surface area contributed by atoms with Crippen LogP contribution < -0.4 is 0 Å². The SMILES string of the molecule is CC(=O)OCC1(OC(=O)CC[C@@H]2N=C(c3ccccn3)c3cc(Br)ccc3-n3c(C)cnc32)CC1. The van der Waals surface area contributed by atoms with Crippen molar-refractivity contribution in [1.82, 2.24) is 14.5 Å². The lowest BCUT2D eigenvalue weighted by molar-refractivity contribution is -0.161. The second-order valence-electron chi connectivity index (χ2n) is 8.94. The summed E-state index contributed by atoms with van der Waals surface area (Å²) in [5, 5.41) is 0. The number of imidazole rings is 1. The summed E-state index contributed by atoms with van der Waals surface area (Å²) in [5.74, 6) is 0.0602. The topological polar surface area (TPSA) is 95.7 Å². The van der Waals surface area contributed by atoms with Crippen LogP contribution in [0.15, 0.2) is 58.3 Å². The zero-order valence-electron chi connectivity index (χ0n) is 19.5. The molecule has 1 saturated carbocycles. The summed E-state index contributed by atoms with van der Waals surface area (Å²) in [7, 11) is 0. The van der Waals surface area contributed by atoms with E-state index < -0.39 is 5.60 Å². The van der Waals surface area contributed by atoms with Crippen LogP contribution in [0.1, 0.15) is 61.4 Å². The molecular weight excluding hydrogens is 512 g/mol. The second kappa shape index (κ2) is 9.37. The van der Waals surface area contributed by atoms with Crippen molar-refractivity contribution in [3.05, 3.63) is 76.0 Å². The summed E-state index contributed by atoms with van der Waals surface area (Å²) in [6, 6.07) is 11.4. The zero-order chi connectivity index (χ0) is 24.6. The average Bonchev–Trinajstić information content (AvgIpc) is 3.53. The summed E-state index contributed by atoms with van der Waals surface area (Å²) in [4.78, 5) is 38.2. The second-order valence-corrected chi connectivity index (χ2v) is 9.85. The molecule has 0 spiro atoms. The first-order chi connectivity index (χ1) is 16.8. The van der Waals surface area contributed by atoms with Crippen molar-refractivity contribution < 1.29 is 19.1 Å². The number of hydrogen-bond donors (Lipinski definition) is 0. The van der Waals surface area contributed by atoms with Crippen molar-refractivity contribution in [2.75, 3.05) is 6.61 Å². The molecule has 8 nitrogen and oxygen atoms in total. The van der Waals surface area contributed by atoms with Gasteiger partial charge in [0.2, 0.25) is 0 Å². The monoisotopic (exact) mass is 536 g/mol. The zero-order valence-corrected chi connectivity index (χ0v) is 21.1. The van der Waals surface area contributed by atoms with Crippen LogP contribution in [-0.4, -0.2) is 44.4 Å². The molecule has 0 radical (unpaired) electrons. The number of fused-ring (bicyclic) bond motifs is 3. The van der Waals surface area contributed by atoms with Crippen LogP contribution in [0.2, 0.25) is 0 Å². The predicted octanol–water partition coefficient (Wildman–Crippen LogP) is 4.65. The first-order valence-corrected chi connectivity index (χ1v) is 12.3. The van der Waals surface area contributed by atoms with Gasteiger partial charge in [-0.15, -0.1) is 0 Å². The number of esters is 2. The van der Waals surface area contributed by atoms with Crippen LogP contribution in [-0.2, 0) is 19.1 Å². The van der Waals surface area contributed by atoms with Gasteiger partial charge in [-0.2, -0.15) is 0 Å². The highest BCUT2D eigenvalue weighted by Gasteiger charge is 2.48. The summed E-state index contributed by atoms with van der Waals surface area (Å²) in [6.45, 7) is 3.46. The Morgan fingerprint density at radius 3 is 2.74 bits per heavy atom. The molecule has 0 N–H and O–H groups in total. The molecule has 2 aliphatic rings. The molecule has 0 amide bonds. The van der Waals surface area contributed by atoms with E-state index in [1.807, 2.05) is 49.5 Å². The van der Waals surface area contributed by atoms with Crippen LogP contribution in [0.4, 0.5) is 0 Å². The molecule has 1 aliphatic carbocycles. The molecule has 0 saturated heterocycles. The highest BCUT2D eigenvalue weighted by atomic mass is 79.9. The Bertz CT molecular complexity index is 1310. The molecule has 180 valence electrons. The van der Waals surface area contributed by atoms with Crippen LogP contribution in [0.25, 0.3) is 5.69 Å². The maximum atomic E-state index is 12.7. The standard InChI is InChI=1S/C26H25BrN4O4/c1-16-14-29-25-21(7-9-23(33)35-26(10-11-26)15-34-17(2)32)30-24(20-5-3-4-12-28-20)19-13-18(27)6-8-22(19)31(16)25/h3-6,8,12-14,21H,7,9-11,15H2,1-2H3/t21-/m0/s1. The normalized spacial score (nSPS) is 17.5. The lowest BCUT2D eigenvalue weighted by Gasteiger charge is -2.17. The highest BCUT2D eigenvalue weighted by Crippen LogP contribution is 2.41. The van der Waals surface area contributed by atoms with E-state index in [1.54, 1.807) is 6.20 Å². The van der Waals surface area contributed by atoms with E-state index in [-0.39, 0.29) is 31.0 Å². The van der Waals surface area contributed by atoms with Gasteiger partial charge in [0.1, 0.15) is 24.1 Å². The minimum Gasteiger partial charge on any atom is -0.462 e. The molecule has 5 rings (SSSR count). The number of carbonyl (C=O) groups excluding carboxylic acids is 2. The number of hydrogen-bond acceptors (Lipinski definition) is 7. The summed E-state index contributed by atoms with van der Waals surface area (Å²) in [6.07, 6.45) is 5.55. The molecule has 1 fully saturated rings. The van der Waals surface area contributed by atoms with Gasteiger partial charge in [-0.25, -0.2) is 4.98 Å². The summed E-state index contributed by atoms with van der Waals surface area (Å²) < 4.78 is 13.8. The van der Waals surface area contributed by atoms with E-state index in [4.69, 9.17) is 14.5 Å². The van der Waals surface area contributed by atoms with Crippen LogP contribution in [0.3, 0.4) is 0 Å². The Labute approximate surface area is 211 Å². The third kappa shape index (κ3) is 4.91. The molecule has 3 aromatic rings. The van der Waals surface area contributed by atoms with Gasteiger partial charge in [0, 0.05) is 41.5 Å². The maximum Gasteiger partial charge on any atom is 0.306 e. The number of nitrogens with zero attached hydrogens (tertiary/aromatic N) is 4. The van der Waals surface area contributed by atoms with Crippen molar-refractivity contribution in [1.29, 1.82) is 0 Å². The number of carbonyl (C=O) groups is 2. The van der Waals surface area contributed by atoms with Gasteiger partial charge >= 0.3 is 11.9 Å². The Morgan fingerprint density at radius 2 is 2.03 bits per heavy atom. The van der Waals surface area contributed by atoms with Gasteiger partial charge < -0.3 is 9.47 Å². The Kier molecular flexibility index (Phi) is 6.27. The van der Waals surface area contributed by atoms with E-state index in [2.05, 4.69) is 30.5 Å². The number of halogens is 1. The van der Waals surface area contributed by atoms with Gasteiger partial charge in [0.05, 0.1) is 17.1 Å². The predicted molar refractivity (Wildman–Crippen MR) is 133 cm³/mol. The highest BCUT2D eigenvalue weighted by molar-refractivity contribution is 9.10. The van der Waals surface area contributed by atoms with Crippen molar-refractivity contribution >= 4 is 33.6 Å². The molecule has 1 aromatic carbocycles. The summed E-state index contributed by atoms with van der Waals surface area (Å²) >= 11 is 3.59. The number of pyridine rings is 1. The van der Waals surface area contributed by atoms with Crippen molar-refractivity contribution in [3.8, 4) is 5.69 Å². The molecule has 2 aromatic heterocycles. The Hall–Kier alpha value is -3.33. The van der Waals surface area contributed by atoms with E-state index in [0.717, 1.165) is 38.6 Å². The number of aliphatic imine (C=N–C) groups is 1. The number of rotatable bonds is 7. The Morgan fingerprint density at radius 1 is 1.20 bits per heavy atom. The number of ether oxygens (including phenoxy) is 2. The number of aryl methyl sites for hydroxylation is 1. The Balaban J connectivity index is 1.46. The molecule has 0 bridgehead atoms. The van der Waals surface area contributed by atoms with Gasteiger partial charge in [0.15, 0.2) is 0 Å². The van der Waals surface area contributed by atoms with E-state index in [1.165, 1.54) is 6.92 Å². The molecule has 9 heteroatoms. The summed E-state index contributed by atoms with van der Waals surface area (Å²) in [5.41, 5.74) is 3.70. The molecule has 3 heterocycles. The molecule has 1 atom stereocenters. The van der Waals surface area contributed by atoms with Crippen molar-refractivity contribution in [3.63, 3.8) is 0 Å². The largest absolute Gasteiger partial charge is 0.462 e. The lowest BCUT2D eigenvalue weighted by atomic mass is 10.0. The lowest BCUT2D eigenvalue weighted by Crippen LogP contribution is -2.26.